The molecule has 1 unspecified atom stereocenters. The predicted octanol–water partition coefficient (Wildman–Crippen LogP) is 2.10. The van der Waals surface area contributed by atoms with Gasteiger partial charge in [0.25, 0.3) is 0 Å². The molecule has 2 heterocycles. The van der Waals surface area contributed by atoms with Gasteiger partial charge in [-0.25, -0.2) is 0 Å². The first kappa shape index (κ1) is 16.8. The molecule has 1 saturated heterocycles. The van der Waals surface area contributed by atoms with E-state index >= 15 is 0 Å². The van der Waals surface area contributed by atoms with Crippen LogP contribution in [0.3, 0.4) is 0 Å². The molecule has 7 heteroatoms. The average molecular weight is 307 g/mol. The van der Waals surface area contributed by atoms with E-state index in [0.717, 1.165) is 37.1 Å². The second kappa shape index (κ2) is 6.92. The lowest BCUT2D eigenvalue weighted by Crippen LogP contribution is -2.44. The van der Waals surface area contributed by atoms with E-state index in [-0.39, 0.29) is 23.2 Å². The average Bonchev–Trinajstić information content (AvgIpc) is 2.75. The Balaban J connectivity index is 0.00000180. The number of hydrogen-bond donors (Lipinski definition) is 1. The number of nitrogens with one attached hydrogen (secondary N) is 1. The number of piperazine rings is 1. The van der Waals surface area contributed by atoms with Crippen LogP contribution in [-0.2, 0) is 5.75 Å². The van der Waals surface area contributed by atoms with Crippen LogP contribution in [0.15, 0.2) is 4.52 Å². The van der Waals surface area contributed by atoms with Crippen molar-refractivity contribution in [3.63, 3.8) is 0 Å². The SMILES string of the molecule is CN1CCNCC1c1noc(CSC(C)(C)C)n1.Cl. The second-order valence-corrected chi connectivity index (χ2v) is 7.45. The third-order valence-corrected chi connectivity index (χ3v) is 4.18. The van der Waals surface area contributed by atoms with Crippen molar-refractivity contribution < 1.29 is 4.52 Å². The van der Waals surface area contributed by atoms with Crippen LogP contribution in [0.5, 0.6) is 0 Å². The molecule has 0 radical (unpaired) electrons. The summed E-state index contributed by atoms with van der Waals surface area (Å²) in [5.41, 5.74) is 0. The molecule has 0 aliphatic carbocycles. The zero-order valence-electron chi connectivity index (χ0n) is 12.0. The number of rotatable bonds is 3. The van der Waals surface area contributed by atoms with E-state index < -0.39 is 0 Å². The first-order chi connectivity index (χ1) is 8.46. The number of aromatic nitrogens is 2. The minimum atomic E-state index is 0. The topological polar surface area (TPSA) is 54.2 Å². The maximum absolute atomic E-state index is 5.33. The lowest BCUT2D eigenvalue weighted by Gasteiger charge is -2.30. The van der Waals surface area contributed by atoms with Crippen LogP contribution in [0.1, 0.15) is 38.5 Å². The molecule has 1 atom stereocenters. The fourth-order valence-electron chi connectivity index (χ4n) is 1.83. The lowest BCUT2D eigenvalue weighted by atomic mass is 10.2. The Morgan fingerprint density at radius 2 is 2.21 bits per heavy atom. The van der Waals surface area contributed by atoms with Crippen molar-refractivity contribution in [1.29, 1.82) is 0 Å². The monoisotopic (exact) mass is 306 g/mol. The van der Waals surface area contributed by atoms with Crippen LogP contribution in [0.2, 0.25) is 0 Å². The van der Waals surface area contributed by atoms with Gasteiger partial charge in [-0.3, -0.25) is 4.90 Å². The van der Waals surface area contributed by atoms with E-state index in [2.05, 4.69) is 48.2 Å². The van der Waals surface area contributed by atoms with E-state index in [9.17, 15) is 0 Å². The fourth-order valence-corrected chi connectivity index (χ4v) is 2.51. The molecule has 1 aliphatic heterocycles. The summed E-state index contributed by atoms with van der Waals surface area (Å²) in [5, 5.41) is 7.47. The highest BCUT2D eigenvalue weighted by Gasteiger charge is 2.25. The van der Waals surface area contributed by atoms with Gasteiger partial charge in [-0.1, -0.05) is 25.9 Å². The van der Waals surface area contributed by atoms with Crippen LogP contribution >= 0.6 is 24.2 Å². The molecule has 0 saturated carbocycles. The number of halogens is 1. The minimum Gasteiger partial charge on any atom is -0.338 e. The zero-order chi connectivity index (χ0) is 13.2. The van der Waals surface area contributed by atoms with Crippen LogP contribution < -0.4 is 5.32 Å². The van der Waals surface area contributed by atoms with Gasteiger partial charge in [0.2, 0.25) is 5.89 Å². The van der Waals surface area contributed by atoms with E-state index in [4.69, 9.17) is 4.52 Å². The normalized spacial score (nSPS) is 21.2. The van der Waals surface area contributed by atoms with E-state index in [1.54, 1.807) is 0 Å². The highest BCUT2D eigenvalue weighted by atomic mass is 35.5. The van der Waals surface area contributed by atoms with Crippen molar-refractivity contribution in [2.45, 2.75) is 37.3 Å². The molecule has 19 heavy (non-hydrogen) atoms. The summed E-state index contributed by atoms with van der Waals surface area (Å²) in [4.78, 5) is 6.77. The van der Waals surface area contributed by atoms with Gasteiger partial charge < -0.3 is 9.84 Å². The summed E-state index contributed by atoms with van der Waals surface area (Å²) in [6.07, 6.45) is 0. The molecule has 2 rings (SSSR count). The summed E-state index contributed by atoms with van der Waals surface area (Å²) >= 11 is 1.82. The van der Waals surface area contributed by atoms with Gasteiger partial charge >= 0.3 is 0 Å². The molecule has 1 aliphatic rings. The third-order valence-electron chi connectivity index (χ3n) is 2.92. The Labute approximate surface area is 125 Å². The Hall–Kier alpha value is -0.300. The van der Waals surface area contributed by atoms with Crippen LogP contribution in [0.25, 0.3) is 0 Å². The van der Waals surface area contributed by atoms with E-state index in [0.29, 0.717) is 0 Å². The van der Waals surface area contributed by atoms with Crippen molar-refractivity contribution in [2.24, 2.45) is 0 Å². The molecule has 1 fully saturated rings. The molecule has 110 valence electrons. The standard InChI is InChI=1S/C12H22N4OS.ClH/c1-12(2,3)18-8-10-14-11(15-17-10)9-7-13-5-6-16(9)4;/h9,13H,5-8H2,1-4H3;1H. The molecule has 0 amide bonds. The van der Waals surface area contributed by atoms with Crippen molar-refractivity contribution in [3.05, 3.63) is 11.7 Å². The van der Waals surface area contributed by atoms with Crippen molar-refractivity contribution in [3.8, 4) is 0 Å². The second-order valence-electron chi connectivity index (χ2n) is 5.65. The molecular formula is C12H23ClN4OS. The lowest BCUT2D eigenvalue weighted by molar-refractivity contribution is 0.190. The Morgan fingerprint density at radius 1 is 1.47 bits per heavy atom. The van der Waals surface area contributed by atoms with Crippen molar-refractivity contribution in [1.82, 2.24) is 20.4 Å². The minimum absolute atomic E-state index is 0. The van der Waals surface area contributed by atoms with Crippen molar-refractivity contribution in [2.75, 3.05) is 26.7 Å². The zero-order valence-corrected chi connectivity index (χ0v) is 13.6. The highest BCUT2D eigenvalue weighted by molar-refractivity contribution is 7.99. The van der Waals surface area contributed by atoms with Crippen LogP contribution in [0.4, 0.5) is 0 Å². The summed E-state index contributed by atoms with van der Waals surface area (Å²) in [6, 6.07) is 0.232. The highest BCUT2D eigenvalue weighted by Crippen LogP contribution is 2.27. The quantitative estimate of drug-likeness (QED) is 0.923. The van der Waals surface area contributed by atoms with Crippen LogP contribution in [-0.4, -0.2) is 46.5 Å². The van der Waals surface area contributed by atoms with Gasteiger partial charge in [-0.2, -0.15) is 4.98 Å². The largest absolute Gasteiger partial charge is 0.338 e. The van der Waals surface area contributed by atoms with Crippen LogP contribution in [0, 0.1) is 0 Å². The molecule has 1 aromatic heterocycles. The number of likely N-dealkylation sites (N-methyl/N-ethyl adjacent to an activating group) is 1. The summed E-state index contributed by atoms with van der Waals surface area (Å²) < 4.78 is 5.55. The van der Waals surface area contributed by atoms with Gasteiger partial charge in [-0.15, -0.1) is 24.2 Å². The number of nitrogens with zero attached hydrogens (tertiary/aromatic N) is 3. The molecular weight excluding hydrogens is 284 g/mol. The smallest absolute Gasteiger partial charge is 0.236 e. The van der Waals surface area contributed by atoms with Gasteiger partial charge in [0, 0.05) is 24.4 Å². The van der Waals surface area contributed by atoms with Gasteiger partial charge in [0.1, 0.15) is 0 Å². The Kier molecular flexibility index (Phi) is 6.11. The first-order valence-corrected chi connectivity index (χ1v) is 7.32. The van der Waals surface area contributed by atoms with Gasteiger partial charge in [0.05, 0.1) is 11.8 Å². The van der Waals surface area contributed by atoms with E-state index in [1.807, 2.05) is 11.8 Å². The fraction of sp³-hybridized carbons (Fsp3) is 0.833. The maximum atomic E-state index is 5.33. The van der Waals surface area contributed by atoms with Gasteiger partial charge in [0.15, 0.2) is 5.82 Å². The Bertz CT molecular complexity index is 393. The molecule has 0 bridgehead atoms. The molecule has 1 aromatic rings. The van der Waals surface area contributed by atoms with Crippen molar-refractivity contribution >= 4 is 24.2 Å². The third kappa shape index (κ3) is 4.95. The summed E-state index contributed by atoms with van der Waals surface area (Å²) in [5.74, 6) is 2.30. The molecule has 0 spiro atoms. The summed E-state index contributed by atoms with van der Waals surface area (Å²) in [6.45, 7) is 9.50. The predicted molar refractivity (Wildman–Crippen MR) is 80.8 cm³/mol. The maximum Gasteiger partial charge on any atom is 0.236 e. The Morgan fingerprint density at radius 3 is 2.84 bits per heavy atom. The molecule has 5 nitrogen and oxygen atoms in total. The summed E-state index contributed by atoms with van der Waals surface area (Å²) in [7, 11) is 2.10. The molecule has 1 N–H and O–H groups in total. The molecule has 0 aromatic carbocycles. The number of hydrogen-bond acceptors (Lipinski definition) is 6. The van der Waals surface area contributed by atoms with Gasteiger partial charge in [-0.05, 0) is 7.05 Å². The van der Waals surface area contributed by atoms with E-state index in [1.165, 1.54) is 0 Å². The first-order valence-electron chi connectivity index (χ1n) is 6.33. The number of thioether (sulfide) groups is 1.